The molecule has 1 aromatic heterocycles. The lowest BCUT2D eigenvalue weighted by Gasteiger charge is -2.08. The number of nitrogens with two attached hydrogens (primary N) is 1. The Balaban J connectivity index is 2.21. The van der Waals surface area contributed by atoms with Gasteiger partial charge in [-0.15, -0.1) is 0 Å². The van der Waals surface area contributed by atoms with E-state index >= 15 is 0 Å². The molecule has 1 heterocycles. The summed E-state index contributed by atoms with van der Waals surface area (Å²) in [7, 11) is 0. The van der Waals surface area contributed by atoms with E-state index in [-0.39, 0.29) is 10.9 Å². The smallest absolute Gasteiger partial charge is 0.255 e. The molecule has 6 heteroatoms. The van der Waals surface area contributed by atoms with Crippen LogP contribution in [0.25, 0.3) is 0 Å². The fourth-order valence-electron chi connectivity index (χ4n) is 1.90. The minimum atomic E-state index is -0.534. The maximum atomic E-state index is 13.1. The Labute approximate surface area is 127 Å². The van der Waals surface area contributed by atoms with Crippen molar-refractivity contribution in [3.05, 3.63) is 52.4 Å². The molecule has 110 valence electrons. The summed E-state index contributed by atoms with van der Waals surface area (Å²) in [5, 5.41) is 2.60. The van der Waals surface area contributed by atoms with Gasteiger partial charge in [0, 0.05) is 16.9 Å². The lowest BCUT2D eigenvalue weighted by Crippen LogP contribution is -2.13. The largest absolute Gasteiger partial charge is 0.384 e. The highest BCUT2D eigenvalue weighted by molar-refractivity contribution is 6.31. The van der Waals surface area contributed by atoms with E-state index in [0.29, 0.717) is 17.1 Å². The van der Waals surface area contributed by atoms with E-state index in [1.54, 1.807) is 6.07 Å². The number of rotatable bonds is 4. The highest BCUT2D eigenvalue weighted by Crippen LogP contribution is 2.20. The van der Waals surface area contributed by atoms with Gasteiger partial charge in [-0.25, -0.2) is 9.37 Å². The summed E-state index contributed by atoms with van der Waals surface area (Å²) < 4.78 is 13.1. The number of hydrogen-bond acceptors (Lipinski definition) is 3. The number of carbonyl (C=O) groups excluding carboxylic acids is 1. The van der Waals surface area contributed by atoms with Crippen LogP contribution in [0.2, 0.25) is 5.02 Å². The van der Waals surface area contributed by atoms with Crippen molar-refractivity contribution >= 4 is 29.0 Å². The van der Waals surface area contributed by atoms with E-state index in [1.165, 1.54) is 24.3 Å². The highest BCUT2D eigenvalue weighted by atomic mass is 35.5. The van der Waals surface area contributed by atoms with E-state index < -0.39 is 5.82 Å². The minimum absolute atomic E-state index is 0.0475. The molecule has 0 atom stereocenters. The first-order chi connectivity index (χ1) is 9.99. The Kier molecular flexibility index (Phi) is 4.75. The third-order valence-corrected chi connectivity index (χ3v) is 3.13. The fraction of sp³-hybridized carbons (Fsp3) is 0.200. The van der Waals surface area contributed by atoms with Gasteiger partial charge in [-0.05, 0) is 36.8 Å². The third-order valence-electron chi connectivity index (χ3n) is 2.84. The molecule has 0 radical (unpaired) electrons. The van der Waals surface area contributed by atoms with E-state index in [1.807, 2.05) is 6.92 Å². The fourth-order valence-corrected chi connectivity index (χ4v) is 2.08. The Hall–Kier alpha value is -2.14. The zero-order chi connectivity index (χ0) is 15.4. The minimum Gasteiger partial charge on any atom is -0.384 e. The second kappa shape index (κ2) is 6.54. The third kappa shape index (κ3) is 3.92. The molecule has 3 N–H and O–H groups in total. The van der Waals surface area contributed by atoms with Crippen molar-refractivity contribution in [3.8, 4) is 0 Å². The number of pyridine rings is 1. The lowest BCUT2D eigenvalue weighted by atomic mass is 10.1. The molecule has 0 saturated heterocycles. The molecule has 0 unspecified atom stereocenters. The molecule has 0 fully saturated rings. The summed E-state index contributed by atoms with van der Waals surface area (Å²) in [6.07, 6.45) is 1.65. The van der Waals surface area contributed by atoms with Crippen LogP contribution < -0.4 is 11.1 Å². The number of benzene rings is 1. The summed E-state index contributed by atoms with van der Waals surface area (Å²) in [4.78, 5) is 16.4. The Bertz CT molecular complexity index is 676. The molecule has 21 heavy (non-hydrogen) atoms. The number of halogens is 2. The van der Waals surface area contributed by atoms with Crippen LogP contribution in [0.15, 0.2) is 30.3 Å². The number of carbonyl (C=O) groups is 1. The van der Waals surface area contributed by atoms with Gasteiger partial charge in [0.1, 0.15) is 11.6 Å². The molecule has 2 rings (SSSR count). The molecule has 0 aliphatic carbocycles. The summed E-state index contributed by atoms with van der Waals surface area (Å²) in [5.41, 5.74) is 7.29. The Morgan fingerprint density at radius 1 is 1.38 bits per heavy atom. The first kappa shape index (κ1) is 15.3. The molecular weight excluding hydrogens is 293 g/mol. The van der Waals surface area contributed by atoms with Gasteiger partial charge in [-0.3, -0.25) is 4.79 Å². The molecule has 0 aliphatic heterocycles. The topological polar surface area (TPSA) is 68.0 Å². The monoisotopic (exact) mass is 307 g/mol. The van der Waals surface area contributed by atoms with Gasteiger partial charge in [0.25, 0.3) is 5.91 Å². The molecule has 1 aromatic carbocycles. The van der Waals surface area contributed by atoms with Crippen LogP contribution in [-0.4, -0.2) is 10.9 Å². The van der Waals surface area contributed by atoms with E-state index in [4.69, 9.17) is 17.3 Å². The molecular formula is C15H15ClFN3O. The standard InChI is InChI=1S/C15H15ClFN3O/c1-2-3-10-6-9(7-14(18)19-10)15(21)20-11-4-5-13(17)12(16)8-11/h4-8H,2-3H2,1H3,(H2,18,19)(H,20,21). The van der Waals surface area contributed by atoms with Crippen molar-refractivity contribution in [3.63, 3.8) is 0 Å². The first-order valence-corrected chi connectivity index (χ1v) is 6.90. The van der Waals surface area contributed by atoms with Crippen LogP contribution in [0.1, 0.15) is 29.4 Å². The van der Waals surface area contributed by atoms with E-state index in [9.17, 15) is 9.18 Å². The second-order valence-electron chi connectivity index (χ2n) is 4.61. The molecule has 0 saturated carbocycles. The molecule has 0 bridgehead atoms. The molecule has 0 aliphatic rings. The quantitative estimate of drug-likeness (QED) is 0.905. The predicted molar refractivity (Wildman–Crippen MR) is 82.0 cm³/mol. The van der Waals surface area contributed by atoms with Crippen LogP contribution >= 0.6 is 11.6 Å². The van der Waals surface area contributed by atoms with Crippen LogP contribution in [0.5, 0.6) is 0 Å². The lowest BCUT2D eigenvalue weighted by molar-refractivity contribution is 0.102. The maximum Gasteiger partial charge on any atom is 0.255 e. The number of anilines is 2. The van der Waals surface area contributed by atoms with Gasteiger partial charge >= 0.3 is 0 Å². The normalized spacial score (nSPS) is 10.4. The van der Waals surface area contributed by atoms with Crippen LogP contribution in [0.4, 0.5) is 15.9 Å². The van der Waals surface area contributed by atoms with Crippen molar-refractivity contribution in [1.82, 2.24) is 4.98 Å². The zero-order valence-electron chi connectivity index (χ0n) is 11.5. The summed E-state index contributed by atoms with van der Waals surface area (Å²) in [6, 6.07) is 7.18. The van der Waals surface area contributed by atoms with Crippen LogP contribution in [-0.2, 0) is 6.42 Å². The molecule has 2 aromatic rings. The predicted octanol–water partition coefficient (Wildman–Crippen LogP) is 3.66. The number of nitrogens with zero attached hydrogens (tertiary/aromatic N) is 1. The average molecular weight is 308 g/mol. The molecule has 0 spiro atoms. The Morgan fingerprint density at radius 2 is 2.14 bits per heavy atom. The maximum absolute atomic E-state index is 13.1. The number of nitrogens with one attached hydrogen (secondary N) is 1. The van der Waals surface area contributed by atoms with Gasteiger partial charge in [0.15, 0.2) is 0 Å². The van der Waals surface area contributed by atoms with E-state index in [2.05, 4.69) is 10.3 Å². The number of amides is 1. The van der Waals surface area contributed by atoms with Gasteiger partial charge in [-0.2, -0.15) is 0 Å². The highest BCUT2D eigenvalue weighted by Gasteiger charge is 2.10. The van der Waals surface area contributed by atoms with Gasteiger partial charge in [0.2, 0.25) is 0 Å². The average Bonchev–Trinajstić information content (AvgIpc) is 2.42. The van der Waals surface area contributed by atoms with Crippen LogP contribution in [0, 0.1) is 5.82 Å². The zero-order valence-corrected chi connectivity index (χ0v) is 12.2. The first-order valence-electron chi connectivity index (χ1n) is 6.52. The van der Waals surface area contributed by atoms with Gasteiger partial charge < -0.3 is 11.1 Å². The number of nitrogen functional groups attached to an aromatic ring is 1. The van der Waals surface area contributed by atoms with Crippen molar-refractivity contribution in [1.29, 1.82) is 0 Å². The summed E-state index contributed by atoms with van der Waals surface area (Å²) in [6.45, 7) is 2.02. The van der Waals surface area contributed by atoms with Gasteiger partial charge in [-0.1, -0.05) is 24.9 Å². The summed E-state index contributed by atoms with van der Waals surface area (Å²) >= 11 is 5.68. The van der Waals surface area contributed by atoms with E-state index in [0.717, 1.165) is 18.5 Å². The molecule has 1 amide bonds. The number of aromatic nitrogens is 1. The second-order valence-corrected chi connectivity index (χ2v) is 5.01. The van der Waals surface area contributed by atoms with Crippen molar-refractivity contribution in [2.24, 2.45) is 0 Å². The summed E-state index contributed by atoms with van der Waals surface area (Å²) in [5.74, 6) is -0.583. The van der Waals surface area contributed by atoms with Gasteiger partial charge in [0.05, 0.1) is 5.02 Å². The van der Waals surface area contributed by atoms with Crippen molar-refractivity contribution in [2.45, 2.75) is 19.8 Å². The van der Waals surface area contributed by atoms with Crippen molar-refractivity contribution in [2.75, 3.05) is 11.1 Å². The SMILES string of the molecule is CCCc1cc(C(=O)Nc2ccc(F)c(Cl)c2)cc(N)n1. The van der Waals surface area contributed by atoms with Crippen LogP contribution in [0.3, 0.4) is 0 Å². The Morgan fingerprint density at radius 3 is 2.81 bits per heavy atom. The number of hydrogen-bond donors (Lipinski definition) is 2. The van der Waals surface area contributed by atoms with Crippen molar-refractivity contribution < 1.29 is 9.18 Å². The number of aryl methyl sites for hydroxylation is 1. The molecule has 4 nitrogen and oxygen atoms in total.